The number of methoxy groups -OCH3 is 1. The van der Waals surface area contributed by atoms with Crippen molar-refractivity contribution in [2.24, 2.45) is 17.8 Å². The third-order valence-electron chi connectivity index (χ3n) is 6.91. The van der Waals surface area contributed by atoms with Crippen molar-refractivity contribution in [3.05, 3.63) is 71.8 Å². The molecule has 3 N–H and O–H groups in total. The fourth-order valence-corrected chi connectivity index (χ4v) is 4.21. The van der Waals surface area contributed by atoms with E-state index in [-0.39, 0.29) is 31.6 Å². The largest absolute Gasteiger partial charge is 0.374 e. The number of aldehydes is 1. The summed E-state index contributed by atoms with van der Waals surface area (Å²) in [6.45, 7) is 7.86. The van der Waals surface area contributed by atoms with E-state index in [2.05, 4.69) is 16.0 Å². The lowest BCUT2D eigenvalue weighted by Crippen LogP contribution is -2.58. The van der Waals surface area contributed by atoms with Crippen LogP contribution >= 0.6 is 0 Å². The van der Waals surface area contributed by atoms with Gasteiger partial charge in [0.1, 0.15) is 24.5 Å². The molecule has 3 amide bonds. The molecular weight excluding hydrogens is 510 g/mol. The van der Waals surface area contributed by atoms with Crippen molar-refractivity contribution in [3.8, 4) is 0 Å². The minimum absolute atomic E-state index is 0.0675. The average Bonchev–Trinajstić information content (AvgIpc) is 2.97. The Bertz CT molecular complexity index is 1060. The fourth-order valence-electron chi connectivity index (χ4n) is 4.21. The molecule has 0 bridgehead atoms. The van der Waals surface area contributed by atoms with Crippen LogP contribution in [0, 0.1) is 17.8 Å². The van der Waals surface area contributed by atoms with E-state index in [1.165, 1.54) is 7.11 Å². The molecule has 40 heavy (non-hydrogen) atoms. The first kappa shape index (κ1) is 32.7. The van der Waals surface area contributed by atoms with Crippen LogP contribution in [0.15, 0.2) is 60.7 Å². The highest BCUT2D eigenvalue weighted by molar-refractivity contribution is 5.93. The number of hydrogen-bond acceptors (Lipinski definition) is 6. The highest BCUT2D eigenvalue weighted by Crippen LogP contribution is 2.20. The Morgan fingerprint density at radius 3 is 1.98 bits per heavy atom. The van der Waals surface area contributed by atoms with Crippen molar-refractivity contribution in [2.45, 2.75) is 65.5 Å². The molecule has 5 atom stereocenters. The molecule has 9 heteroatoms. The standard InChI is InChI=1S/C31H43N3O6/c1-6-22(4)25(18-35)28(39-5)31(38)34-27(21(2)3)30(37)33-26(20-40-19-24-15-11-8-12-16-24)29(36)32-17-23-13-9-7-10-14-23/h7-16,18,21-22,25-28H,6,17,19-20H2,1-5H3,(H,32,36)(H,33,37)(H,34,38)/t22-,25-,26-,27-,28+/m0/s1. The van der Waals surface area contributed by atoms with Crippen molar-refractivity contribution in [2.75, 3.05) is 13.7 Å². The Kier molecular flexibility index (Phi) is 14.0. The molecule has 2 aromatic carbocycles. The lowest BCUT2D eigenvalue weighted by molar-refractivity contribution is -0.142. The summed E-state index contributed by atoms with van der Waals surface area (Å²) in [6.07, 6.45) is 0.373. The zero-order valence-corrected chi connectivity index (χ0v) is 24.1. The Morgan fingerprint density at radius 2 is 1.45 bits per heavy atom. The zero-order valence-electron chi connectivity index (χ0n) is 24.1. The van der Waals surface area contributed by atoms with Gasteiger partial charge in [-0.15, -0.1) is 0 Å². The minimum atomic E-state index is -1.04. The predicted molar refractivity (Wildman–Crippen MR) is 153 cm³/mol. The minimum Gasteiger partial charge on any atom is -0.374 e. The number of nitrogens with one attached hydrogen (secondary N) is 3. The lowest BCUT2D eigenvalue weighted by atomic mass is 9.87. The molecule has 0 aromatic heterocycles. The molecule has 0 spiro atoms. The van der Waals surface area contributed by atoms with Gasteiger partial charge in [-0.25, -0.2) is 0 Å². The molecule has 9 nitrogen and oxygen atoms in total. The maximum atomic E-state index is 13.4. The zero-order chi connectivity index (χ0) is 29.5. The maximum Gasteiger partial charge on any atom is 0.250 e. The number of ether oxygens (including phenoxy) is 2. The number of rotatable bonds is 17. The van der Waals surface area contributed by atoms with E-state index in [0.717, 1.165) is 17.4 Å². The molecule has 0 aliphatic rings. The third-order valence-corrected chi connectivity index (χ3v) is 6.91. The first-order chi connectivity index (χ1) is 19.2. The Morgan fingerprint density at radius 1 is 0.850 bits per heavy atom. The monoisotopic (exact) mass is 553 g/mol. The molecule has 2 aromatic rings. The van der Waals surface area contributed by atoms with Crippen LogP contribution in [-0.2, 0) is 41.8 Å². The van der Waals surface area contributed by atoms with Gasteiger partial charge in [0.15, 0.2) is 0 Å². The van der Waals surface area contributed by atoms with Crippen LogP contribution < -0.4 is 16.0 Å². The summed E-state index contributed by atoms with van der Waals surface area (Å²) in [5, 5.41) is 8.35. The van der Waals surface area contributed by atoms with Crippen LogP contribution in [0.2, 0.25) is 0 Å². The first-order valence-corrected chi connectivity index (χ1v) is 13.7. The van der Waals surface area contributed by atoms with Gasteiger partial charge in [-0.2, -0.15) is 0 Å². The molecule has 0 unspecified atom stereocenters. The van der Waals surface area contributed by atoms with E-state index < -0.39 is 41.8 Å². The van der Waals surface area contributed by atoms with E-state index in [4.69, 9.17) is 9.47 Å². The quantitative estimate of drug-likeness (QED) is 0.259. The van der Waals surface area contributed by atoms with Gasteiger partial charge in [-0.3, -0.25) is 14.4 Å². The molecule has 0 radical (unpaired) electrons. The molecule has 0 aliphatic carbocycles. The molecule has 0 fully saturated rings. The average molecular weight is 554 g/mol. The second kappa shape index (κ2) is 17.2. The summed E-state index contributed by atoms with van der Waals surface area (Å²) < 4.78 is 11.2. The van der Waals surface area contributed by atoms with Gasteiger partial charge in [-0.05, 0) is 23.0 Å². The summed E-state index contributed by atoms with van der Waals surface area (Å²) in [5.74, 6) is -2.55. The fraction of sp³-hybridized carbons (Fsp3) is 0.484. The smallest absolute Gasteiger partial charge is 0.250 e. The number of hydrogen-bond donors (Lipinski definition) is 3. The second-order valence-electron chi connectivity index (χ2n) is 10.3. The van der Waals surface area contributed by atoms with E-state index in [0.29, 0.717) is 6.42 Å². The molecule has 0 heterocycles. The van der Waals surface area contributed by atoms with Crippen LogP contribution in [0.4, 0.5) is 0 Å². The van der Waals surface area contributed by atoms with Gasteiger partial charge in [0.25, 0.3) is 5.91 Å². The molecule has 0 aliphatic heterocycles. The Hall–Kier alpha value is -3.56. The second-order valence-corrected chi connectivity index (χ2v) is 10.3. The van der Waals surface area contributed by atoms with Crippen molar-refractivity contribution < 1.29 is 28.7 Å². The Balaban J connectivity index is 2.14. The summed E-state index contributed by atoms with van der Waals surface area (Å²) >= 11 is 0. The topological polar surface area (TPSA) is 123 Å². The Labute approximate surface area is 237 Å². The summed E-state index contributed by atoms with van der Waals surface area (Å²) in [6, 6.07) is 17.0. The molecule has 2 rings (SSSR count). The van der Waals surface area contributed by atoms with Gasteiger partial charge in [0, 0.05) is 13.7 Å². The molecular formula is C31H43N3O6. The molecule has 0 saturated heterocycles. The predicted octanol–water partition coefficient (Wildman–Crippen LogP) is 3.02. The van der Waals surface area contributed by atoms with Gasteiger partial charge in [0.2, 0.25) is 11.8 Å². The van der Waals surface area contributed by atoms with E-state index in [9.17, 15) is 19.2 Å². The van der Waals surface area contributed by atoms with Crippen LogP contribution in [0.25, 0.3) is 0 Å². The SMILES string of the molecule is CC[C@H](C)[C@H](C=O)[C@@H](OC)C(=O)N[C@H](C(=O)N[C@@H](COCc1ccccc1)C(=O)NCc1ccccc1)C(C)C. The summed E-state index contributed by atoms with van der Waals surface area (Å²) in [7, 11) is 1.37. The van der Waals surface area contributed by atoms with Gasteiger partial charge < -0.3 is 30.2 Å². The van der Waals surface area contributed by atoms with Crippen molar-refractivity contribution in [1.82, 2.24) is 16.0 Å². The first-order valence-electron chi connectivity index (χ1n) is 13.7. The number of carbonyl (C=O) groups is 4. The van der Waals surface area contributed by atoms with Crippen LogP contribution in [-0.4, -0.2) is 55.9 Å². The van der Waals surface area contributed by atoms with Crippen LogP contribution in [0.3, 0.4) is 0 Å². The van der Waals surface area contributed by atoms with Gasteiger partial charge >= 0.3 is 0 Å². The lowest BCUT2D eigenvalue weighted by Gasteiger charge is -2.29. The van der Waals surface area contributed by atoms with Gasteiger partial charge in [0.05, 0.1) is 19.1 Å². The normalized spacial score (nSPS) is 14.8. The van der Waals surface area contributed by atoms with Gasteiger partial charge in [-0.1, -0.05) is 94.8 Å². The number of carbonyl (C=O) groups excluding carboxylic acids is 4. The highest BCUT2D eigenvalue weighted by Gasteiger charge is 2.35. The number of benzene rings is 2. The van der Waals surface area contributed by atoms with E-state index in [1.54, 1.807) is 13.8 Å². The summed E-state index contributed by atoms with van der Waals surface area (Å²) in [4.78, 5) is 51.5. The summed E-state index contributed by atoms with van der Waals surface area (Å²) in [5.41, 5.74) is 1.84. The maximum absolute atomic E-state index is 13.4. The molecule has 218 valence electrons. The van der Waals surface area contributed by atoms with Crippen molar-refractivity contribution in [1.29, 1.82) is 0 Å². The van der Waals surface area contributed by atoms with E-state index >= 15 is 0 Å². The van der Waals surface area contributed by atoms with Crippen LogP contribution in [0.5, 0.6) is 0 Å². The highest BCUT2D eigenvalue weighted by atomic mass is 16.5. The number of amides is 3. The molecule has 0 saturated carbocycles. The van der Waals surface area contributed by atoms with Crippen LogP contribution in [0.1, 0.15) is 45.2 Å². The van der Waals surface area contributed by atoms with Crippen molar-refractivity contribution in [3.63, 3.8) is 0 Å². The third kappa shape index (κ3) is 10.2. The van der Waals surface area contributed by atoms with Crippen molar-refractivity contribution >= 4 is 24.0 Å². The van der Waals surface area contributed by atoms with E-state index in [1.807, 2.05) is 74.5 Å².